The van der Waals surface area contributed by atoms with Crippen LogP contribution in [-0.2, 0) is 0 Å². The Kier molecular flexibility index (Phi) is 4.31. The van der Waals surface area contributed by atoms with E-state index in [-0.39, 0.29) is 11.9 Å². The Morgan fingerprint density at radius 2 is 2.33 bits per heavy atom. The lowest BCUT2D eigenvalue weighted by molar-refractivity contribution is 0.409. The third-order valence-corrected chi connectivity index (χ3v) is 2.33. The quantitative estimate of drug-likeness (QED) is 0.753. The van der Waals surface area contributed by atoms with E-state index in [1.54, 1.807) is 25.3 Å². The Bertz CT molecular complexity index is 338. The summed E-state index contributed by atoms with van der Waals surface area (Å²) in [7, 11) is 3.32. The number of hydrogen-bond donors (Lipinski definition) is 1. The molecule has 2 nitrogen and oxygen atoms in total. The van der Waals surface area contributed by atoms with Crippen LogP contribution in [0.2, 0.25) is 0 Å². The molecule has 0 amide bonds. The number of methoxy groups -OCH3 is 1. The highest BCUT2D eigenvalue weighted by atomic mass is 19.1. The molecule has 0 saturated carbocycles. The van der Waals surface area contributed by atoms with E-state index in [4.69, 9.17) is 4.74 Å². The highest BCUT2D eigenvalue weighted by molar-refractivity contribution is 5.31. The summed E-state index contributed by atoms with van der Waals surface area (Å²) in [4.78, 5) is 0. The average Bonchev–Trinajstić information content (AvgIpc) is 2.26. The molecule has 1 atom stereocenters. The zero-order chi connectivity index (χ0) is 11.3. The van der Waals surface area contributed by atoms with E-state index < -0.39 is 0 Å². The zero-order valence-electron chi connectivity index (χ0n) is 9.09. The van der Waals surface area contributed by atoms with E-state index >= 15 is 0 Å². The lowest BCUT2D eigenvalue weighted by Crippen LogP contribution is -2.16. The molecule has 1 aromatic carbocycles. The fourth-order valence-corrected chi connectivity index (χ4v) is 1.48. The van der Waals surface area contributed by atoms with Crippen molar-refractivity contribution in [2.24, 2.45) is 0 Å². The van der Waals surface area contributed by atoms with Gasteiger partial charge in [0.05, 0.1) is 7.11 Å². The molecule has 3 heteroatoms. The van der Waals surface area contributed by atoms with Gasteiger partial charge in [-0.2, -0.15) is 0 Å². The second-order valence-electron chi connectivity index (χ2n) is 3.25. The highest BCUT2D eigenvalue weighted by Gasteiger charge is 2.12. The van der Waals surface area contributed by atoms with Crippen molar-refractivity contribution < 1.29 is 9.13 Å². The van der Waals surface area contributed by atoms with Crippen LogP contribution < -0.4 is 10.1 Å². The zero-order valence-corrected chi connectivity index (χ0v) is 9.09. The molecule has 0 aliphatic rings. The second kappa shape index (κ2) is 5.51. The van der Waals surface area contributed by atoms with Crippen molar-refractivity contribution in [2.75, 3.05) is 14.2 Å². The Morgan fingerprint density at radius 3 is 2.80 bits per heavy atom. The molecule has 15 heavy (non-hydrogen) atoms. The Balaban J connectivity index is 2.97. The fourth-order valence-electron chi connectivity index (χ4n) is 1.48. The summed E-state index contributed by atoms with van der Waals surface area (Å²) < 4.78 is 18.6. The third kappa shape index (κ3) is 2.80. The Hall–Kier alpha value is -1.35. The number of rotatable bonds is 5. The molecule has 0 fully saturated rings. The minimum atomic E-state index is -0.254. The Morgan fingerprint density at radius 1 is 1.60 bits per heavy atom. The van der Waals surface area contributed by atoms with Crippen molar-refractivity contribution in [3.63, 3.8) is 0 Å². The molecule has 82 valence electrons. The summed E-state index contributed by atoms with van der Waals surface area (Å²) in [5.74, 6) is 0.278. The molecule has 0 saturated heterocycles. The minimum Gasteiger partial charge on any atom is -0.497 e. The van der Waals surface area contributed by atoms with Crippen molar-refractivity contribution in [2.45, 2.75) is 12.5 Å². The lowest BCUT2D eigenvalue weighted by atomic mass is 10.0. The van der Waals surface area contributed by atoms with Gasteiger partial charge in [-0.15, -0.1) is 6.58 Å². The van der Waals surface area contributed by atoms with Gasteiger partial charge in [-0.25, -0.2) is 4.39 Å². The maximum absolute atomic E-state index is 13.6. The predicted octanol–water partition coefficient (Wildman–Crippen LogP) is 2.67. The molecule has 0 aliphatic heterocycles. The predicted molar refractivity (Wildman–Crippen MR) is 59.6 cm³/mol. The minimum absolute atomic E-state index is 0.0339. The number of halogens is 1. The third-order valence-electron chi connectivity index (χ3n) is 2.33. The maximum atomic E-state index is 13.6. The number of benzene rings is 1. The van der Waals surface area contributed by atoms with Gasteiger partial charge in [0.1, 0.15) is 11.6 Å². The molecule has 0 aromatic heterocycles. The first kappa shape index (κ1) is 11.7. The van der Waals surface area contributed by atoms with Gasteiger partial charge in [0.15, 0.2) is 0 Å². The van der Waals surface area contributed by atoms with Crippen LogP contribution in [0.5, 0.6) is 5.75 Å². The van der Waals surface area contributed by atoms with E-state index in [0.717, 1.165) is 0 Å². The molecule has 1 rings (SSSR count). The molecular weight excluding hydrogens is 193 g/mol. The van der Waals surface area contributed by atoms with Crippen LogP contribution in [-0.4, -0.2) is 14.2 Å². The molecule has 1 aromatic rings. The summed E-state index contributed by atoms with van der Waals surface area (Å²) in [6.45, 7) is 3.65. The molecule has 1 unspecified atom stereocenters. The van der Waals surface area contributed by atoms with Gasteiger partial charge >= 0.3 is 0 Å². The van der Waals surface area contributed by atoms with Crippen LogP contribution in [0.25, 0.3) is 0 Å². The second-order valence-corrected chi connectivity index (χ2v) is 3.25. The van der Waals surface area contributed by atoms with Crippen molar-refractivity contribution in [3.8, 4) is 5.75 Å². The monoisotopic (exact) mass is 209 g/mol. The number of nitrogens with one attached hydrogen (secondary N) is 1. The highest BCUT2D eigenvalue weighted by Crippen LogP contribution is 2.23. The Labute approximate surface area is 89.8 Å². The molecule has 0 aliphatic carbocycles. The number of hydrogen-bond acceptors (Lipinski definition) is 2. The van der Waals surface area contributed by atoms with E-state index in [9.17, 15) is 4.39 Å². The summed E-state index contributed by atoms with van der Waals surface area (Å²) in [6.07, 6.45) is 2.46. The largest absolute Gasteiger partial charge is 0.497 e. The first-order valence-electron chi connectivity index (χ1n) is 4.84. The van der Waals surface area contributed by atoms with Crippen molar-refractivity contribution in [3.05, 3.63) is 42.2 Å². The lowest BCUT2D eigenvalue weighted by Gasteiger charge is -2.15. The smallest absolute Gasteiger partial charge is 0.131 e. The normalized spacial score (nSPS) is 12.2. The summed E-state index contributed by atoms with van der Waals surface area (Å²) in [6, 6.07) is 4.85. The van der Waals surface area contributed by atoms with Crippen LogP contribution in [0.4, 0.5) is 4.39 Å². The SMILES string of the molecule is C=CCC(NC)c1ccc(OC)cc1F. The fraction of sp³-hybridized carbons (Fsp3) is 0.333. The molecule has 0 spiro atoms. The topological polar surface area (TPSA) is 21.3 Å². The maximum Gasteiger partial charge on any atom is 0.131 e. The molecule has 0 heterocycles. The van der Waals surface area contributed by atoms with Crippen LogP contribution in [0.15, 0.2) is 30.9 Å². The van der Waals surface area contributed by atoms with Crippen molar-refractivity contribution >= 4 is 0 Å². The van der Waals surface area contributed by atoms with E-state index in [0.29, 0.717) is 17.7 Å². The first-order valence-corrected chi connectivity index (χ1v) is 4.84. The van der Waals surface area contributed by atoms with Gasteiger partial charge in [0, 0.05) is 17.7 Å². The van der Waals surface area contributed by atoms with Crippen LogP contribution in [0.1, 0.15) is 18.0 Å². The molecule has 0 bridgehead atoms. The van der Waals surface area contributed by atoms with Gasteiger partial charge in [-0.3, -0.25) is 0 Å². The average molecular weight is 209 g/mol. The first-order chi connectivity index (χ1) is 7.22. The van der Waals surface area contributed by atoms with E-state index in [1.165, 1.54) is 13.2 Å². The van der Waals surface area contributed by atoms with Crippen molar-refractivity contribution in [1.29, 1.82) is 0 Å². The van der Waals surface area contributed by atoms with E-state index in [2.05, 4.69) is 11.9 Å². The molecule has 1 N–H and O–H groups in total. The van der Waals surface area contributed by atoms with Gasteiger partial charge in [-0.05, 0) is 19.5 Å². The van der Waals surface area contributed by atoms with Gasteiger partial charge in [0.2, 0.25) is 0 Å². The van der Waals surface area contributed by atoms with Gasteiger partial charge in [0.25, 0.3) is 0 Å². The standard InChI is InChI=1S/C12H16FNO/c1-4-5-12(14-2)10-7-6-9(15-3)8-11(10)13/h4,6-8,12,14H,1,5H2,2-3H3. The van der Waals surface area contributed by atoms with Gasteiger partial charge < -0.3 is 10.1 Å². The number of ether oxygens (including phenoxy) is 1. The van der Waals surface area contributed by atoms with Crippen molar-refractivity contribution in [1.82, 2.24) is 5.32 Å². The van der Waals surface area contributed by atoms with Gasteiger partial charge in [-0.1, -0.05) is 12.1 Å². The van der Waals surface area contributed by atoms with Crippen LogP contribution >= 0.6 is 0 Å². The summed E-state index contributed by atoms with van der Waals surface area (Å²) in [5, 5.41) is 3.05. The summed E-state index contributed by atoms with van der Waals surface area (Å²) in [5.41, 5.74) is 0.637. The van der Waals surface area contributed by atoms with Crippen LogP contribution in [0.3, 0.4) is 0 Å². The van der Waals surface area contributed by atoms with Crippen LogP contribution in [0, 0.1) is 5.82 Å². The summed E-state index contributed by atoms with van der Waals surface area (Å²) >= 11 is 0. The molecular formula is C12H16FNO. The molecule has 0 radical (unpaired) electrons. The van der Waals surface area contributed by atoms with E-state index in [1.807, 2.05) is 0 Å².